The molecule has 1 N–H and O–H groups in total. The maximum atomic E-state index is 12.5. The molecule has 0 aliphatic heterocycles. The Labute approximate surface area is 160 Å². The molecule has 0 unspecified atom stereocenters. The number of nitrogens with one attached hydrogen (secondary N) is 1. The number of unbranched alkanes of at least 4 members (excludes halogenated alkanes) is 1. The van der Waals surface area contributed by atoms with Crippen molar-refractivity contribution in [2.45, 2.75) is 31.6 Å². The average molecular weight is 388 g/mol. The van der Waals surface area contributed by atoms with Crippen LogP contribution in [0.3, 0.4) is 0 Å². The fourth-order valence-corrected chi connectivity index (χ4v) is 3.69. The van der Waals surface area contributed by atoms with Crippen LogP contribution in [0.5, 0.6) is 0 Å². The second kappa shape index (κ2) is 8.92. The lowest BCUT2D eigenvalue weighted by Gasteiger charge is -2.17. The van der Waals surface area contributed by atoms with Gasteiger partial charge in [-0.15, -0.1) is 0 Å². The molecule has 0 radical (unpaired) electrons. The molecular weight excluding hydrogens is 364 g/mol. The molecule has 0 atom stereocenters. The number of carbonyl (C=O) groups excluding carboxylic acids is 2. The van der Waals surface area contributed by atoms with Gasteiger partial charge in [0.1, 0.15) is 0 Å². The SMILES string of the molecule is CCCCN(C)S(=O)(=O)c1ccc(C(=O)Nc2cccc(C(C)=O)c2)cc1. The Bertz CT molecular complexity index is 921. The predicted octanol–water partition coefficient (Wildman–Crippen LogP) is 3.56. The van der Waals surface area contributed by atoms with Crippen LogP contribution in [-0.2, 0) is 10.0 Å². The zero-order valence-electron chi connectivity index (χ0n) is 15.7. The first-order valence-corrected chi connectivity index (χ1v) is 10.2. The van der Waals surface area contributed by atoms with Crippen molar-refractivity contribution < 1.29 is 18.0 Å². The Morgan fingerprint density at radius 3 is 2.30 bits per heavy atom. The zero-order valence-corrected chi connectivity index (χ0v) is 16.5. The number of sulfonamides is 1. The highest BCUT2D eigenvalue weighted by atomic mass is 32.2. The number of hydrogen-bond acceptors (Lipinski definition) is 4. The first kappa shape index (κ1) is 20.8. The van der Waals surface area contributed by atoms with Gasteiger partial charge in [0.15, 0.2) is 5.78 Å². The van der Waals surface area contributed by atoms with Crippen LogP contribution >= 0.6 is 0 Å². The summed E-state index contributed by atoms with van der Waals surface area (Å²) in [7, 11) is -2.01. The van der Waals surface area contributed by atoms with Crippen molar-refractivity contribution in [3.05, 3.63) is 59.7 Å². The van der Waals surface area contributed by atoms with E-state index in [4.69, 9.17) is 0 Å². The van der Waals surface area contributed by atoms with Gasteiger partial charge >= 0.3 is 0 Å². The van der Waals surface area contributed by atoms with Crippen molar-refractivity contribution in [1.29, 1.82) is 0 Å². The van der Waals surface area contributed by atoms with Crippen molar-refractivity contribution in [3.63, 3.8) is 0 Å². The smallest absolute Gasteiger partial charge is 0.255 e. The summed E-state index contributed by atoms with van der Waals surface area (Å²) in [5, 5.41) is 2.71. The van der Waals surface area contributed by atoms with Crippen molar-refractivity contribution in [1.82, 2.24) is 4.31 Å². The number of hydrogen-bond donors (Lipinski definition) is 1. The highest BCUT2D eigenvalue weighted by molar-refractivity contribution is 7.89. The van der Waals surface area contributed by atoms with E-state index in [2.05, 4.69) is 5.32 Å². The summed E-state index contributed by atoms with van der Waals surface area (Å²) in [6.45, 7) is 3.91. The number of carbonyl (C=O) groups is 2. The van der Waals surface area contributed by atoms with E-state index in [1.54, 1.807) is 31.3 Å². The molecule has 0 saturated heterocycles. The number of rotatable bonds is 8. The molecular formula is C20H24N2O4S. The molecule has 0 aromatic heterocycles. The van der Waals surface area contributed by atoms with E-state index in [1.165, 1.54) is 35.5 Å². The first-order valence-electron chi connectivity index (χ1n) is 8.74. The summed E-state index contributed by atoms with van der Waals surface area (Å²) in [6.07, 6.45) is 1.69. The van der Waals surface area contributed by atoms with Crippen LogP contribution in [0.1, 0.15) is 47.4 Å². The third kappa shape index (κ3) is 5.24. The lowest BCUT2D eigenvalue weighted by Crippen LogP contribution is -2.28. The summed E-state index contributed by atoms with van der Waals surface area (Å²) in [4.78, 5) is 24.0. The summed E-state index contributed by atoms with van der Waals surface area (Å²) < 4.78 is 26.3. The van der Waals surface area contributed by atoms with E-state index in [-0.39, 0.29) is 16.6 Å². The van der Waals surface area contributed by atoms with E-state index in [0.29, 0.717) is 23.4 Å². The van der Waals surface area contributed by atoms with Gasteiger partial charge in [-0.3, -0.25) is 9.59 Å². The highest BCUT2D eigenvalue weighted by Crippen LogP contribution is 2.17. The Hall–Kier alpha value is -2.51. The molecule has 0 spiro atoms. The van der Waals surface area contributed by atoms with E-state index < -0.39 is 10.0 Å². The minimum Gasteiger partial charge on any atom is -0.322 e. The molecule has 1 amide bonds. The van der Waals surface area contributed by atoms with Gasteiger partial charge in [0, 0.05) is 30.4 Å². The van der Waals surface area contributed by atoms with E-state index in [1.807, 2.05) is 6.92 Å². The lowest BCUT2D eigenvalue weighted by molar-refractivity contribution is 0.101. The summed E-state index contributed by atoms with van der Waals surface area (Å²) in [6, 6.07) is 12.5. The van der Waals surface area contributed by atoms with Gasteiger partial charge in [-0.2, -0.15) is 0 Å². The second-order valence-corrected chi connectivity index (χ2v) is 8.34. The van der Waals surface area contributed by atoms with Crippen LogP contribution in [0.4, 0.5) is 5.69 Å². The van der Waals surface area contributed by atoms with Gasteiger partial charge in [-0.1, -0.05) is 25.5 Å². The third-order valence-electron chi connectivity index (χ3n) is 4.18. The summed E-state index contributed by atoms with van der Waals surface area (Å²) in [5.74, 6) is -0.466. The van der Waals surface area contributed by atoms with Crippen molar-refractivity contribution in [2.24, 2.45) is 0 Å². The van der Waals surface area contributed by atoms with Gasteiger partial charge in [0.25, 0.3) is 5.91 Å². The molecule has 6 nitrogen and oxygen atoms in total. The standard InChI is InChI=1S/C20H24N2O4S/c1-4-5-13-22(3)27(25,26)19-11-9-16(10-12-19)20(24)21-18-8-6-7-17(14-18)15(2)23/h6-12,14H,4-5,13H2,1-3H3,(H,21,24). The molecule has 7 heteroatoms. The third-order valence-corrected chi connectivity index (χ3v) is 6.05. The normalized spacial score (nSPS) is 11.4. The molecule has 2 aromatic carbocycles. The Morgan fingerprint density at radius 1 is 1.04 bits per heavy atom. The number of nitrogens with zero attached hydrogens (tertiary/aromatic N) is 1. The van der Waals surface area contributed by atoms with Crippen LogP contribution in [-0.4, -0.2) is 38.0 Å². The van der Waals surface area contributed by atoms with Crippen LogP contribution in [0.2, 0.25) is 0 Å². The number of ketones is 1. The largest absolute Gasteiger partial charge is 0.322 e. The minimum atomic E-state index is -3.56. The molecule has 27 heavy (non-hydrogen) atoms. The number of Topliss-reactive ketones (excluding diaryl/α,β-unsaturated/α-hetero) is 1. The van der Waals surface area contributed by atoms with Crippen molar-refractivity contribution in [3.8, 4) is 0 Å². The summed E-state index contributed by atoms with van der Waals surface area (Å²) in [5.41, 5.74) is 1.34. The molecule has 0 heterocycles. The fraction of sp³-hybridized carbons (Fsp3) is 0.300. The number of anilines is 1. The average Bonchev–Trinajstić information content (AvgIpc) is 2.66. The molecule has 0 fully saturated rings. The van der Waals surface area contributed by atoms with E-state index in [0.717, 1.165) is 12.8 Å². The van der Waals surface area contributed by atoms with E-state index in [9.17, 15) is 18.0 Å². The molecule has 2 rings (SSSR count). The van der Waals surface area contributed by atoms with Gasteiger partial charge in [-0.25, -0.2) is 12.7 Å². The van der Waals surface area contributed by atoms with Gasteiger partial charge in [0.2, 0.25) is 10.0 Å². The molecule has 0 aliphatic rings. The molecule has 0 aliphatic carbocycles. The predicted molar refractivity (Wildman–Crippen MR) is 106 cm³/mol. The maximum absolute atomic E-state index is 12.5. The topological polar surface area (TPSA) is 83.6 Å². The van der Waals surface area contributed by atoms with Crippen molar-refractivity contribution >= 4 is 27.4 Å². The van der Waals surface area contributed by atoms with Crippen LogP contribution in [0.25, 0.3) is 0 Å². The van der Waals surface area contributed by atoms with Crippen LogP contribution < -0.4 is 5.32 Å². The van der Waals surface area contributed by atoms with Gasteiger partial charge in [-0.05, 0) is 49.7 Å². The second-order valence-electron chi connectivity index (χ2n) is 6.30. The van der Waals surface area contributed by atoms with Gasteiger partial charge in [0.05, 0.1) is 4.90 Å². The molecule has 144 valence electrons. The van der Waals surface area contributed by atoms with Gasteiger partial charge < -0.3 is 5.32 Å². The van der Waals surface area contributed by atoms with Crippen LogP contribution in [0, 0.1) is 0 Å². The molecule has 0 bridgehead atoms. The fourth-order valence-electron chi connectivity index (χ4n) is 2.48. The lowest BCUT2D eigenvalue weighted by atomic mass is 10.1. The Morgan fingerprint density at radius 2 is 1.70 bits per heavy atom. The molecule has 2 aromatic rings. The quantitative estimate of drug-likeness (QED) is 0.701. The number of benzene rings is 2. The zero-order chi connectivity index (χ0) is 20.0. The Kier molecular flexibility index (Phi) is 6.87. The van der Waals surface area contributed by atoms with Crippen molar-refractivity contribution in [2.75, 3.05) is 18.9 Å². The van der Waals surface area contributed by atoms with Crippen LogP contribution in [0.15, 0.2) is 53.4 Å². The Balaban J connectivity index is 2.13. The molecule has 0 saturated carbocycles. The maximum Gasteiger partial charge on any atom is 0.255 e. The summed E-state index contributed by atoms with van der Waals surface area (Å²) >= 11 is 0. The highest BCUT2D eigenvalue weighted by Gasteiger charge is 2.20. The minimum absolute atomic E-state index is 0.0900. The van der Waals surface area contributed by atoms with E-state index >= 15 is 0 Å². The first-order chi connectivity index (χ1) is 12.8. The monoisotopic (exact) mass is 388 g/mol. The number of amides is 1.